The molecule has 19 heavy (non-hydrogen) atoms. The zero-order valence-electron chi connectivity index (χ0n) is 12.3. The van der Waals surface area contributed by atoms with Gasteiger partial charge in [0, 0.05) is 31.7 Å². The number of hydrogen-bond donors (Lipinski definition) is 2. The van der Waals surface area contributed by atoms with Gasteiger partial charge < -0.3 is 15.4 Å². The van der Waals surface area contributed by atoms with E-state index in [9.17, 15) is 0 Å². The van der Waals surface area contributed by atoms with Crippen LogP contribution in [0.2, 0.25) is 0 Å². The van der Waals surface area contributed by atoms with E-state index in [-0.39, 0.29) is 0 Å². The van der Waals surface area contributed by atoms with E-state index >= 15 is 0 Å². The molecule has 5 nitrogen and oxygen atoms in total. The summed E-state index contributed by atoms with van der Waals surface area (Å²) in [5.74, 6) is 2.99. The first-order valence-electron chi connectivity index (χ1n) is 7.03. The molecule has 1 aliphatic heterocycles. The Hall–Kier alpha value is -1.36. The lowest BCUT2D eigenvalue weighted by molar-refractivity contribution is 0.120. The molecule has 0 bridgehead atoms. The van der Waals surface area contributed by atoms with Crippen molar-refractivity contribution in [3.8, 4) is 0 Å². The Labute approximate surface area is 115 Å². The highest BCUT2D eigenvalue weighted by atomic mass is 16.5. The average Bonchev–Trinajstić information content (AvgIpc) is 2.90. The van der Waals surface area contributed by atoms with Crippen LogP contribution in [0.5, 0.6) is 0 Å². The third-order valence-electron chi connectivity index (χ3n) is 3.44. The Kier molecular flexibility index (Phi) is 4.58. The minimum absolute atomic E-state index is 0.315. The van der Waals surface area contributed by atoms with Crippen molar-refractivity contribution in [3.05, 3.63) is 11.4 Å². The second-order valence-corrected chi connectivity index (χ2v) is 5.32. The molecule has 0 aliphatic carbocycles. The van der Waals surface area contributed by atoms with Crippen LogP contribution in [-0.4, -0.2) is 36.3 Å². The maximum Gasteiger partial charge on any atom is 0.135 e. The van der Waals surface area contributed by atoms with Gasteiger partial charge in [0.15, 0.2) is 0 Å². The van der Waals surface area contributed by atoms with Crippen molar-refractivity contribution in [2.24, 2.45) is 0 Å². The Morgan fingerprint density at radius 2 is 2.05 bits per heavy atom. The average molecular weight is 264 g/mol. The number of aromatic nitrogens is 2. The number of hydrogen-bond acceptors (Lipinski definition) is 5. The van der Waals surface area contributed by atoms with Crippen LogP contribution >= 0.6 is 0 Å². The summed E-state index contributed by atoms with van der Waals surface area (Å²) in [4.78, 5) is 9.16. The highest BCUT2D eigenvalue weighted by molar-refractivity contribution is 5.57. The first-order chi connectivity index (χ1) is 9.11. The number of rotatable bonds is 5. The van der Waals surface area contributed by atoms with Gasteiger partial charge in [-0.1, -0.05) is 13.8 Å². The second-order valence-electron chi connectivity index (χ2n) is 5.32. The summed E-state index contributed by atoms with van der Waals surface area (Å²) < 4.78 is 5.63. The summed E-state index contributed by atoms with van der Waals surface area (Å²) in [6.07, 6.45) is 2.61. The summed E-state index contributed by atoms with van der Waals surface area (Å²) in [5, 5.41) is 6.55. The predicted molar refractivity (Wildman–Crippen MR) is 77.9 cm³/mol. The summed E-state index contributed by atoms with van der Waals surface area (Å²) in [6.45, 7) is 7.95. The van der Waals surface area contributed by atoms with E-state index in [0.717, 1.165) is 49.0 Å². The van der Waals surface area contributed by atoms with Gasteiger partial charge in [0.25, 0.3) is 0 Å². The van der Waals surface area contributed by atoms with E-state index < -0.39 is 0 Å². The van der Waals surface area contributed by atoms with Gasteiger partial charge in [0.05, 0.1) is 6.10 Å². The molecule has 1 atom stereocenters. The Morgan fingerprint density at radius 3 is 2.63 bits per heavy atom. The van der Waals surface area contributed by atoms with Gasteiger partial charge in [-0.15, -0.1) is 0 Å². The number of nitrogens with zero attached hydrogens (tertiary/aromatic N) is 2. The normalized spacial score (nSPS) is 18.9. The molecule has 0 spiro atoms. The van der Waals surface area contributed by atoms with Crippen molar-refractivity contribution < 1.29 is 4.74 Å². The SMILES string of the molecule is CNc1nc(C(C)C)nc(NCC2CCCO2)c1C. The summed E-state index contributed by atoms with van der Waals surface area (Å²) in [6, 6.07) is 0. The second kappa shape index (κ2) is 6.19. The Morgan fingerprint density at radius 1 is 1.32 bits per heavy atom. The maximum atomic E-state index is 5.63. The van der Waals surface area contributed by atoms with Crippen LogP contribution in [0.4, 0.5) is 11.6 Å². The van der Waals surface area contributed by atoms with Crippen LogP contribution in [0.25, 0.3) is 0 Å². The zero-order chi connectivity index (χ0) is 13.8. The number of ether oxygens (including phenoxy) is 1. The predicted octanol–water partition coefficient (Wildman–Crippen LogP) is 2.54. The first-order valence-corrected chi connectivity index (χ1v) is 7.03. The van der Waals surface area contributed by atoms with Crippen LogP contribution in [0.15, 0.2) is 0 Å². The molecule has 1 saturated heterocycles. The molecule has 0 saturated carbocycles. The molecule has 0 amide bonds. The highest BCUT2D eigenvalue weighted by Gasteiger charge is 2.17. The molecular weight excluding hydrogens is 240 g/mol. The van der Waals surface area contributed by atoms with Crippen molar-refractivity contribution in [2.75, 3.05) is 30.8 Å². The van der Waals surface area contributed by atoms with E-state index in [1.165, 1.54) is 0 Å². The molecule has 0 radical (unpaired) electrons. The molecule has 2 rings (SSSR count). The van der Waals surface area contributed by atoms with Gasteiger partial charge in [0.2, 0.25) is 0 Å². The summed E-state index contributed by atoms with van der Waals surface area (Å²) in [7, 11) is 1.89. The van der Waals surface area contributed by atoms with E-state index in [2.05, 4.69) is 34.4 Å². The molecule has 5 heteroatoms. The van der Waals surface area contributed by atoms with Crippen molar-refractivity contribution in [1.82, 2.24) is 9.97 Å². The molecule has 1 aliphatic rings. The van der Waals surface area contributed by atoms with Gasteiger partial charge in [-0.05, 0) is 19.8 Å². The third-order valence-corrected chi connectivity index (χ3v) is 3.44. The van der Waals surface area contributed by atoms with Crippen molar-refractivity contribution >= 4 is 11.6 Å². The Balaban J connectivity index is 2.14. The maximum absolute atomic E-state index is 5.63. The largest absolute Gasteiger partial charge is 0.376 e. The van der Waals surface area contributed by atoms with Crippen LogP contribution < -0.4 is 10.6 Å². The highest BCUT2D eigenvalue weighted by Crippen LogP contribution is 2.23. The molecule has 0 aromatic carbocycles. The molecule has 1 fully saturated rings. The quantitative estimate of drug-likeness (QED) is 0.856. The van der Waals surface area contributed by atoms with Crippen molar-refractivity contribution in [3.63, 3.8) is 0 Å². The molecule has 1 aromatic rings. The number of nitrogens with one attached hydrogen (secondary N) is 2. The van der Waals surface area contributed by atoms with Crippen LogP contribution in [0.1, 0.15) is 44.0 Å². The van der Waals surface area contributed by atoms with Gasteiger partial charge in [-0.2, -0.15) is 0 Å². The summed E-state index contributed by atoms with van der Waals surface area (Å²) >= 11 is 0. The van der Waals surface area contributed by atoms with E-state index in [1.54, 1.807) is 0 Å². The molecule has 1 aromatic heterocycles. The van der Waals surface area contributed by atoms with Crippen molar-refractivity contribution in [2.45, 2.75) is 45.6 Å². The lowest BCUT2D eigenvalue weighted by Crippen LogP contribution is -2.20. The van der Waals surface area contributed by atoms with Crippen LogP contribution in [-0.2, 0) is 4.74 Å². The van der Waals surface area contributed by atoms with E-state index in [4.69, 9.17) is 4.74 Å². The van der Waals surface area contributed by atoms with Gasteiger partial charge in [-0.3, -0.25) is 0 Å². The fourth-order valence-corrected chi connectivity index (χ4v) is 2.22. The third kappa shape index (κ3) is 3.35. The van der Waals surface area contributed by atoms with Gasteiger partial charge >= 0.3 is 0 Å². The molecule has 2 heterocycles. The smallest absolute Gasteiger partial charge is 0.135 e. The molecule has 1 unspecified atom stereocenters. The summed E-state index contributed by atoms with van der Waals surface area (Å²) in [5.41, 5.74) is 1.06. The first kappa shape index (κ1) is 14.1. The van der Waals surface area contributed by atoms with E-state index in [0.29, 0.717) is 12.0 Å². The Bertz CT molecular complexity index is 428. The fourth-order valence-electron chi connectivity index (χ4n) is 2.22. The van der Waals surface area contributed by atoms with Gasteiger partial charge in [0.1, 0.15) is 17.5 Å². The molecular formula is C14H24N4O. The lowest BCUT2D eigenvalue weighted by Gasteiger charge is -2.17. The zero-order valence-corrected chi connectivity index (χ0v) is 12.3. The molecule has 106 valence electrons. The fraction of sp³-hybridized carbons (Fsp3) is 0.714. The number of anilines is 2. The molecule has 2 N–H and O–H groups in total. The minimum atomic E-state index is 0.315. The lowest BCUT2D eigenvalue weighted by atomic mass is 10.2. The topological polar surface area (TPSA) is 59.1 Å². The van der Waals surface area contributed by atoms with Crippen LogP contribution in [0.3, 0.4) is 0 Å². The van der Waals surface area contributed by atoms with E-state index in [1.807, 2.05) is 14.0 Å². The standard InChI is InChI=1S/C14H24N4O/c1-9(2)12-17-13(15-4)10(3)14(18-12)16-8-11-6-5-7-19-11/h9,11H,5-8H2,1-4H3,(H2,15,16,17,18). The van der Waals surface area contributed by atoms with Crippen LogP contribution in [0, 0.1) is 6.92 Å². The monoisotopic (exact) mass is 264 g/mol. The minimum Gasteiger partial charge on any atom is -0.376 e. The van der Waals surface area contributed by atoms with Gasteiger partial charge in [-0.25, -0.2) is 9.97 Å². The van der Waals surface area contributed by atoms with Crippen molar-refractivity contribution in [1.29, 1.82) is 0 Å².